The minimum Gasteiger partial charge on any atom is -0.478 e. The number of ether oxygens (including phenoxy) is 1. The van der Waals surface area contributed by atoms with Crippen LogP contribution < -0.4 is 15.4 Å². The maximum absolute atomic E-state index is 13.3. The summed E-state index contributed by atoms with van der Waals surface area (Å²) < 4.78 is 18.5. The van der Waals surface area contributed by atoms with Crippen LogP contribution in [-0.4, -0.2) is 19.2 Å². The molecule has 0 aliphatic rings. The lowest BCUT2D eigenvalue weighted by Gasteiger charge is -2.19. The first-order valence-corrected chi connectivity index (χ1v) is 8.35. The van der Waals surface area contributed by atoms with Gasteiger partial charge in [-0.05, 0) is 35.2 Å². The molecule has 2 amide bonds. The monoisotopic (exact) mass is 354 g/mol. The molecule has 0 aliphatic heterocycles. The van der Waals surface area contributed by atoms with E-state index in [0.717, 1.165) is 0 Å². The van der Waals surface area contributed by atoms with Gasteiger partial charge in [-0.2, -0.15) is 0 Å². The number of halogens is 1. The normalized spacial score (nSPS) is 10.5. The Balaban J connectivity index is 1.72. The van der Waals surface area contributed by atoms with Crippen LogP contribution in [0, 0.1) is 17.7 Å². The van der Waals surface area contributed by atoms with Crippen LogP contribution in [0.3, 0.4) is 0 Å². The van der Waals surface area contributed by atoms with Crippen molar-refractivity contribution in [2.75, 3.05) is 18.5 Å². The first-order valence-electron chi connectivity index (χ1n) is 8.35. The summed E-state index contributed by atoms with van der Waals surface area (Å²) >= 11 is 0. The molecule has 2 aromatic rings. The highest BCUT2D eigenvalue weighted by Crippen LogP contribution is 2.23. The van der Waals surface area contributed by atoms with E-state index >= 15 is 0 Å². The molecule has 0 radical (unpaired) electrons. The second-order valence-electron chi connectivity index (χ2n) is 6.71. The number of nitrogens with one attached hydrogen (secondary N) is 2. The molecule has 0 aromatic heterocycles. The summed E-state index contributed by atoms with van der Waals surface area (Å²) in [5.41, 5.74) is 1.98. The molecule has 0 saturated carbocycles. The maximum atomic E-state index is 13.3. The predicted octanol–water partition coefficient (Wildman–Crippen LogP) is 4.33. The highest BCUT2D eigenvalue weighted by Gasteiger charge is 2.13. The Bertz CT molecular complexity index is 799. The number of hydrogen-bond donors (Lipinski definition) is 2. The lowest BCUT2D eigenvalue weighted by molar-refractivity contribution is 0.253. The molecular formula is C21H23FN2O2. The zero-order valence-corrected chi connectivity index (χ0v) is 15.2. The van der Waals surface area contributed by atoms with Crippen molar-refractivity contribution >= 4 is 11.7 Å². The van der Waals surface area contributed by atoms with Gasteiger partial charge in [0.25, 0.3) is 0 Å². The highest BCUT2D eigenvalue weighted by molar-refractivity contribution is 5.89. The van der Waals surface area contributed by atoms with Gasteiger partial charge in [-0.25, -0.2) is 9.18 Å². The molecule has 0 unspecified atom stereocenters. The minimum absolute atomic E-state index is 0.0541. The summed E-state index contributed by atoms with van der Waals surface area (Å²) in [4.78, 5) is 11.8. The third-order valence-electron chi connectivity index (χ3n) is 3.61. The van der Waals surface area contributed by atoms with E-state index in [2.05, 4.69) is 43.2 Å². The Morgan fingerprint density at radius 3 is 2.42 bits per heavy atom. The van der Waals surface area contributed by atoms with Crippen LogP contribution in [0.4, 0.5) is 14.9 Å². The fourth-order valence-corrected chi connectivity index (χ4v) is 2.14. The second-order valence-corrected chi connectivity index (χ2v) is 6.71. The fourth-order valence-electron chi connectivity index (χ4n) is 2.14. The molecule has 2 N–H and O–H groups in total. The molecule has 2 aromatic carbocycles. The molecule has 136 valence electrons. The lowest BCUT2D eigenvalue weighted by Crippen LogP contribution is -2.29. The van der Waals surface area contributed by atoms with Crippen molar-refractivity contribution in [3.63, 3.8) is 0 Å². The van der Waals surface area contributed by atoms with Gasteiger partial charge >= 0.3 is 6.03 Å². The number of urea groups is 1. The lowest BCUT2D eigenvalue weighted by atomic mass is 9.87. The molecule has 0 bridgehead atoms. The summed E-state index contributed by atoms with van der Waals surface area (Å²) in [6.45, 7) is 6.63. The Labute approximate surface area is 153 Å². The molecule has 0 spiro atoms. The van der Waals surface area contributed by atoms with E-state index in [1.54, 1.807) is 12.1 Å². The van der Waals surface area contributed by atoms with E-state index in [0.29, 0.717) is 5.69 Å². The van der Waals surface area contributed by atoms with Crippen LogP contribution in [0.5, 0.6) is 5.75 Å². The summed E-state index contributed by atoms with van der Waals surface area (Å²) in [6, 6.07) is 13.5. The number of amides is 2. The summed E-state index contributed by atoms with van der Waals surface area (Å²) in [7, 11) is 0. The Morgan fingerprint density at radius 1 is 1.08 bits per heavy atom. The number of para-hydroxylation sites is 1. The van der Waals surface area contributed by atoms with Crippen molar-refractivity contribution in [2.24, 2.45) is 0 Å². The number of carbonyl (C=O) groups is 1. The van der Waals surface area contributed by atoms with Gasteiger partial charge in [0, 0.05) is 5.69 Å². The quantitative estimate of drug-likeness (QED) is 0.803. The SMILES string of the molecule is CC(C)(C)c1ccc(NC(=O)NCC#CCOc2ccccc2F)cc1. The average Bonchev–Trinajstić information content (AvgIpc) is 2.59. The van der Waals surface area contributed by atoms with E-state index in [1.165, 1.54) is 17.7 Å². The zero-order chi connectivity index (χ0) is 19.0. The molecule has 5 heteroatoms. The third kappa shape index (κ3) is 6.14. The summed E-state index contributed by atoms with van der Waals surface area (Å²) in [6.07, 6.45) is 0. The van der Waals surface area contributed by atoms with Gasteiger partial charge in [-0.15, -0.1) is 0 Å². The van der Waals surface area contributed by atoms with E-state index in [9.17, 15) is 9.18 Å². The van der Waals surface area contributed by atoms with Gasteiger partial charge in [0.05, 0.1) is 6.54 Å². The molecule has 4 nitrogen and oxygen atoms in total. The van der Waals surface area contributed by atoms with Crippen molar-refractivity contribution in [3.8, 4) is 17.6 Å². The Kier molecular flexibility index (Phi) is 6.62. The van der Waals surface area contributed by atoms with E-state index in [-0.39, 0.29) is 30.3 Å². The smallest absolute Gasteiger partial charge is 0.319 e. The number of carbonyl (C=O) groups excluding carboxylic acids is 1. The van der Waals surface area contributed by atoms with Gasteiger partial charge < -0.3 is 15.4 Å². The van der Waals surface area contributed by atoms with Crippen LogP contribution in [-0.2, 0) is 5.41 Å². The van der Waals surface area contributed by atoms with Gasteiger partial charge in [-0.3, -0.25) is 0 Å². The van der Waals surface area contributed by atoms with Gasteiger partial charge in [0.15, 0.2) is 11.6 Å². The number of anilines is 1. The van der Waals surface area contributed by atoms with Crippen molar-refractivity contribution in [1.29, 1.82) is 0 Å². The van der Waals surface area contributed by atoms with Crippen molar-refractivity contribution in [2.45, 2.75) is 26.2 Å². The zero-order valence-electron chi connectivity index (χ0n) is 15.2. The van der Waals surface area contributed by atoms with Gasteiger partial charge in [0.2, 0.25) is 0 Å². The highest BCUT2D eigenvalue weighted by atomic mass is 19.1. The number of rotatable bonds is 4. The Hall–Kier alpha value is -3.00. The minimum atomic E-state index is -0.427. The number of hydrogen-bond acceptors (Lipinski definition) is 2. The standard InChI is InChI=1S/C21H23FN2O2/c1-21(2,3)16-10-12-17(13-11-16)24-20(25)23-14-6-7-15-26-19-9-5-4-8-18(19)22/h4-5,8-13H,14-15H2,1-3H3,(H2,23,24,25). The van der Waals surface area contributed by atoms with E-state index in [4.69, 9.17) is 4.74 Å². The molecule has 0 atom stereocenters. The van der Waals surface area contributed by atoms with Crippen molar-refractivity contribution in [1.82, 2.24) is 5.32 Å². The van der Waals surface area contributed by atoms with Crippen LogP contribution in [0.1, 0.15) is 26.3 Å². The topological polar surface area (TPSA) is 50.4 Å². The van der Waals surface area contributed by atoms with Gasteiger partial charge in [0.1, 0.15) is 6.61 Å². The Morgan fingerprint density at radius 2 is 1.77 bits per heavy atom. The summed E-state index contributed by atoms with van der Waals surface area (Å²) in [5, 5.41) is 5.38. The first-order chi connectivity index (χ1) is 12.4. The van der Waals surface area contributed by atoms with Crippen LogP contribution in [0.25, 0.3) is 0 Å². The number of benzene rings is 2. The third-order valence-corrected chi connectivity index (χ3v) is 3.61. The van der Waals surface area contributed by atoms with Crippen LogP contribution in [0.2, 0.25) is 0 Å². The van der Waals surface area contributed by atoms with E-state index < -0.39 is 5.82 Å². The molecule has 0 heterocycles. The van der Waals surface area contributed by atoms with Crippen LogP contribution >= 0.6 is 0 Å². The first kappa shape index (κ1) is 19.3. The second kappa shape index (κ2) is 8.91. The van der Waals surface area contributed by atoms with Gasteiger partial charge in [-0.1, -0.05) is 56.9 Å². The molecule has 0 aliphatic carbocycles. The van der Waals surface area contributed by atoms with Crippen LogP contribution in [0.15, 0.2) is 48.5 Å². The molecular weight excluding hydrogens is 331 g/mol. The average molecular weight is 354 g/mol. The predicted molar refractivity (Wildman–Crippen MR) is 102 cm³/mol. The maximum Gasteiger partial charge on any atom is 0.319 e. The van der Waals surface area contributed by atoms with Crippen molar-refractivity contribution in [3.05, 3.63) is 59.9 Å². The largest absolute Gasteiger partial charge is 0.478 e. The fraction of sp³-hybridized carbons (Fsp3) is 0.286. The van der Waals surface area contributed by atoms with Crippen molar-refractivity contribution < 1.29 is 13.9 Å². The van der Waals surface area contributed by atoms with E-state index in [1.807, 2.05) is 24.3 Å². The molecule has 0 fully saturated rings. The molecule has 2 rings (SSSR count). The molecule has 26 heavy (non-hydrogen) atoms. The molecule has 0 saturated heterocycles. The summed E-state index contributed by atoms with van der Waals surface area (Å²) in [5.74, 6) is 5.21.